The van der Waals surface area contributed by atoms with Gasteiger partial charge in [-0.1, -0.05) is 6.07 Å². The van der Waals surface area contributed by atoms with Gasteiger partial charge in [0.05, 0.1) is 35.4 Å². The third-order valence-electron chi connectivity index (χ3n) is 5.00. The van der Waals surface area contributed by atoms with Gasteiger partial charge >= 0.3 is 6.61 Å². The van der Waals surface area contributed by atoms with E-state index >= 15 is 0 Å². The summed E-state index contributed by atoms with van der Waals surface area (Å²) in [5, 5.41) is 5.69. The highest BCUT2D eigenvalue weighted by Gasteiger charge is 2.29. The van der Waals surface area contributed by atoms with E-state index in [1.54, 1.807) is 19.4 Å². The molecule has 0 saturated carbocycles. The number of alkyl halides is 2. The maximum Gasteiger partial charge on any atom is 0.387 e. The Balaban J connectivity index is 1.83. The van der Waals surface area contributed by atoms with E-state index < -0.39 is 18.2 Å². The normalized spacial score (nSPS) is 12.9. The number of nitrogens with zero attached hydrogens (tertiary/aromatic N) is 1. The molecule has 4 rings (SSSR count). The Kier molecular flexibility index (Phi) is 6.68. The van der Waals surface area contributed by atoms with Crippen molar-refractivity contribution in [2.75, 3.05) is 32.2 Å². The molecule has 3 aromatic rings. The number of carbonyl (C=O) groups excluding carboxylic acids is 1. The molecule has 0 saturated heterocycles. The number of rotatable bonds is 9. The minimum Gasteiger partial charge on any atom is -0.489 e. The molecular weight excluding hydrogens is 441 g/mol. The van der Waals surface area contributed by atoms with E-state index in [9.17, 15) is 18.0 Å². The van der Waals surface area contributed by atoms with Crippen LogP contribution in [0, 0.1) is 5.82 Å². The van der Waals surface area contributed by atoms with Crippen LogP contribution < -0.4 is 20.1 Å². The lowest BCUT2D eigenvalue weighted by molar-refractivity contribution is -0.0516. The molecule has 0 spiro atoms. The van der Waals surface area contributed by atoms with Gasteiger partial charge in [-0.15, -0.1) is 0 Å². The number of anilines is 2. The summed E-state index contributed by atoms with van der Waals surface area (Å²) in [6, 6.07) is 5.42. The number of carbonyl (C=O) groups is 1. The molecule has 33 heavy (non-hydrogen) atoms. The molecule has 0 radical (unpaired) electrons. The molecular formula is C22H21F3N4O4. The number of ether oxygens (including phenoxy) is 3. The summed E-state index contributed by atoms with van der Waals surface area (Å²) < 4.78 is 55.3. The first-order valence-electron chi connectivity index (χ1n) is 10.1. The van der Waals surface area contributed by atoms with Gasteiger partial charge in [0.2, 0.25) is 0 Å². The Bertz CT molecular complexity index is 1150. The molecule has 1 aliphatic heterocycles. The van der Waals surface area contributed by atoms with E-state index in [4.69, 9.17) is 9.47 Å². The number of hydrogen-bond acceptors (Lipinski definition) is 6. The number of benzene rings is 1. The number of nitrogens with one attached hydrogen (secondary N) is 3. The van der Waals surface area contributed by atoms with Crippen LogP contribution in [0.15, 0.2) is 36.7 Å². The summed E-state index contributed by atoms with van der Waals surface area (Å²) in [6.45, 7) is -2.19. The average molecular weight is 462 g/mol. The zero-order chi connectivity index (χ0) is 23.4. The molecule has 2 aromatic heterocycles. The van der Waals surface area contributed by atoms with E-state index in [1.807, 2.05) is 0 Å². The van der Waals surface area contributed by atoms with Crippen LogP contribution in [-0.2, 0) is 11.2 Å². The molecule has 0 atom stereocenters. The number of fused-ring (bicyclic) bond motifs is 1. The Hall–Kier alpha value is -3.73. The van der Waals surface area contributed by atoms with Crippen molar-refractivity contribution in [3.05, 3.63) is 53.7 Å². The van der Waals surface area contributed by atoms with Gasteiger partial charge in [0.15, 0.2) is 11.6 Å². The van der Waals surface area contributed by atoms with Crippen LogP contribution in [0.1, 0.15) is 16.1 Å². The first kappa shape index (κ1) is 22.5. The molecule has 0 aliphatic carbocycles. The fraction of sp³-hybridized carbons (Fsp3) is 0.273. The first-order valence-corrected chi connectivity index (χ1v) is 10.1. The highest BCUT2D eigenvalue weighted by Crippen LogP contribution is 2.42. The average Bonchev–Trinajstić information content (AvgIpc) is 3.16. The Labute approximate surface area is 187 Å². The number of aromatic amines is 1. The summed E-state index contributed by atoms with van der Waals surface area (Å²) in [7, 11) is 1.55. The Morgan fingerprint density at radius 1 is 1.24 bits per heavy atom. The summed E-state index contributed by atoms with van der Waals surface area (Å²) in [6.07, 6.45) is 3.59. The minimum atomic E-state index is -3.23. The van der Waals surface area contributed by atoms with Gasteiger partial charge in [-0.25, -0.2) is 4.39 Å². The summed E-state index contributed by atoms with van der Waals surface area (Å²) >= 11 is 0. The molecule has 0 unspecified atom stereocenters. The lowest BCUT2D eigenvalue weighted by Gasteiger charge is -2.17. The molecule has 0 bridgehead atoms. The maximum absolute atomic E-state index is 14.3. The van der Waals surface area contributed by atoms with Crippen molar-refractivity contribution >= 4 is 17.3 Å². The third kappa shape index (κ3) is 4.72. The minimum absolute atomic E-state index is 0.0624. The van der Waals surface area contributed by atoms with Crippen LogP contribution in [-0.4, -0.2) is 49.4 Å². The van der Waals surface area contributed by atoms with Crippen LogP contribution in [0.5, 0.6) is 11.5 Å². The second-order valence-corrected chi connectivity index (χ2v) is 7.07. The van der Waals surface area contributed by atoms with Crippen LogP contribution in [0.3, 0.4) is 0 Å². The summed E-state index contributed by atoms with van der Waals surface area (Å²) in [5.74, 6) is -1.57. The van der Waals surface area contributed by atoms with Crippen molar-refractivity contribution in [2.24, 2.45) is 0 Å². The molecule has 8 nitrogen and oxygen atoms in total. The quantitative estimate of drug-likeness (QED) is 0.418. The van der Waals surface area contributed by atoms with Crippen molar-refractivity contribution < 1.29 is 32.2 Å². The van der Waals surface area contributed by atoms with Gasteiger partial charge in [-0.05, 0) is 18.2 Å². The lowest BCUT2D eigenvalue weighted by Crippen LogP contribution is -2.31. The molecule has 1 amide bonds. The topological polar surface area (TPSA) is 97.5 Å². The van der Waals surface area contributed by atoms with Crippen LogP contribution in [0.2, 0.25) is 0 Å². The van der Waals surface area contributed by atoms with Crippen molar-refractivity contribution in [3.8, 4) is 22.8 Å². The van der Waals surface area contributed by atoms with Crippen molar-refractivity contribution in [1.82, 2.24) is 15.3 Å². The largest absolute Gasteiger partial charge is 0.489 e. The van der Waals surface area contributed by atoms with E-state index in [0.29, 0.717) is 47.8 Å². The molecule has 174 valence electrons. The number of amides is 1. The van der Waals surface area contributed by atoms with Crippen molar-refractivity contribution in [3.63, 3.8) is 0 Å². The number of halogens is 3. The van der Waals surface area contributed by atoms with Crippen molar-refractivity contribution in [1.29, 1.82) is 0 Å². The zero-order valence-electron chi connectivity index (χ0n) is 17.6. The highest BCUT2D eigenvalue weighted by atomic mass is 19.3. The lowest BCUT2D eigenvalue weighted by atomic mass is 10.0. The maximum atomic E-state index is 14.3. The van der Waals surface area contributed by atoms with Gasteiger partial charge in [0, 0.05) is 37.5 Å². The summed E-state index contributed by atoms with van der Waals surface area (Å²) in [4.78, 5) is 20.0. The number of para-hydroxylation sites is 1. The van der Waals surface area contributed by atoms with Gasteiger partial charge in [-0.2, -0.15) is 8.78 Å². The Morgan fingerprint density at radius 2 is 2.09 bits per heavy atom. The van der Waals surface area contributed by atoms with E-state index in [0.717, 1.165) is 6.07 Å². The first-order chi connectivity index (χ1) is 16.0. The molecule has 0 fully saturated rings. The fourth-order valence-corrected chi connectivity index (χ4v) is 3.59. The summed E-state index contributed by atoms with van der Waals surface area (Å²) in [5.41, 5.74) is 2.17. The number of methoxy groups -OCH3 is 1. The zero-order valence-corrected chi connectivity index (χ0v) is 17.6. The van der Waals surface area contributed by atoms with Gasteiger partial charge in [0.1, 0.15) is 12.4 Å². The third-order valence-corrected chi connectivity index (χ3v) is 5.00. The van der Waals surface area contributed by atoms with Crippen molar-refractivity contribution in [2.45, 2.75) is 13.0 Å². The number of pyridine rings is 1. The molecule has 1 aromatic carbocycles. The van der Waals surface area contributed by atoms with E-state index in [2.05, 4.69) is 25.3 Å². The number of aromatic nitrogens is 2. The van der Waals surface area contributed by atoms with E-state index in [1.165, 1.54) is 18.3 Å². The monoisotopic (exact) mass is 462 g/mol. The van der Waals surface area contributed by atoms with E-state index in [-0.39, 0.29) is 23.9 Å². The second-order valence-electron chi connectivity index (χ2n) is 7.07. The highest BCUT2D eigenvalue weighted by molar-refractivity contribution is 6.06. The predicted octanol–water partition coefficient (Wildman–Crippen LogP) is 3.87. The molecule has 11 heteroatoms. The van der Waals surface area contributed by atoms with Gasteiger partial charge in [0.25, 0.3) is 5.91 Å². The smallest absolute Gasteiger partial charge is 0.387 e. The van der Waals surface area contributed by atoms with Crippen LogP contribution >= 0.6 is 0 Å². The Morgan fingerprint density at radius 3 is 2.88 bits per heavy atom. The van der Waals surface area contributed by atoms with Gasteiger partial charge < -0.3 is 29.8 Å². The van der Waals surface area contributed by atoms with Crippen LogP contribution in [0.4, 0.5) is 24.5 Å². The number of hydrogen-bond donors (Lipinski definition) is 3. The molecule has 3 heterocycles. The number of H-pyrrole nitrogens is 1. The molecule has 3 N–H and O–H groups in total. The SMILES string of the molecule is COCCOc1cnccc1-c1[nH]c2c(c1Nc1cccc(F)c1OC(F)F)C(=O)NCC2. The standard InChI is InChI=1S/C22H21F3N4O4/c1-31-9-10-32-16-11-26-7-5-12(16)18-19(17-14(28-18)6-8-27-21(17)30)29-15-4-2-3-13(23)20(15)33-22(24)25/h2-5,7,11,22,28-29H,6,8-10H2,1H3,(H,27,30). The molecule has 1 aliphatic rings. The second kappa shape index (κ2) is 9.82. The van der Waals surface area contributed by atoms with Crippen LogP contribution in [0.25, 0.3) is 11.3 Å². The fourth-order valence-electron chi connectivity index (χ4n) is 3.59. The predicted molar refractivity (Wildman–Crippen MR) is 114 cm³/mol. The van der Waals surface area contributed by atoms with Gasteiger partial charge in [-0.3, -0.25) is 9.78 Å².